The lowest BCUT2D eigenvalue weighted by Crippen LogP contribution is -2.38. The molecule has 15 heavy (non-hydrogen) atoms. The molecule has 2 aliphatic rings. The van der Waals surface area contributed by atoms with Gasteiger partial charge in [0.15, 0.2) is 0 Å². The van der Waals surface area contributed by atoms with Crippen LogP contribution in [0.2, 0.25) is 0 Å². The molecule has 0 radical (unpaired) electrons. The van der Waals surface area contributed by atoms with Crippen molar-refractivity contribution in [1.82, 2.24) is 9.03 Å². The van der Waals surface area contributed by atoms with Crippen LogP contribution in [0.1, 0.15) is 18.4 Å². The average Bonchev–Trinajstić information content (AvgIpc) is 2.99. The van der Waals surface area contributed by atoms with Crippen molar-refractivity contribution in [2.45, 2.75) is 19.4 Å². The molecule has 1 saturated heterocycles. The Bertz CT molecular complexity index is 335. The summed E-state index contributed by atoms with van der Waals surface area (Å²) in [5.74, 6) is 0. The van der Waals surface area contributed by atoms with Gasteiger partial charge < -0.3 is 0 Å². The molecule has 1 spiro atoms. The number of benzene rings is 1. The molecule has 1 N–H and O–H groups in total. The van der Waals surface area contributed by atoms with Gasteiger partial charge in [-0.2, -0.15) is 0 Å². The molecule has 0 aromatic heterocycles. The fourth-order valence-electron chi connectivity index (χ4n) is 2.13. The number of hydrogen-bond acceptors (Lipinski definition) is 3. The van der Waals surface area contributed by atoms with Crippen LogP contribution in [0.25, 0.3) is 0 Å². The zero-order valence-electron chi connectivity index (χ0n) is 8.78. The molecule has 80 valence electrons. The van der Waals surface area contributed by atoms with Crippen LogP contribution in [0.5, 0.6) is 0 Å². The van der Waals surface area contributed by atoms with Crippen molar-refractivity contribution in [1.29, 1.82) is 0 Å². The van der Waals surface area contributed by atoms with Crippen LogP contribution in [0.4, 0.5) is 0 Å². The highest BCUT2D eigenvalue weighted by molar-refractivity contribution is 7.95. The fraction of sp³-hybridized carbons (Fsp3) is 0.500. The standard InChI is InChI=1S/C12H16N2S/c1-2-4-11(5-3-1)8-14-10-12(6-7-12)9-13-15-14/h1-5,13H,6-10H2. The first kappa shape index (κ1) is 9.70. The van der Waals surface area contributed by atoms with Crippen LogP contribution in [0, 0.1) is 5.41 Å². The highest BCUT2D eigenvalue weighted by Crippen LogP contribution is 2.48. The van der Waals surface area contributed by atoms with Crippen molar-refractivity contribution in [3.63, 3.8) is 0 Å². The SMILES string of the molecule is c1ccc(CN2CC3(CC3)CNS2)cc1. The van der Waals surface area contributed by atoms with Gasteiger partial charge in [0, 0.05) is 31.8 Å². The maximum atomic E-state index is 3.45. The van der Waals surface area contributed by atoms with Gasteiger partial charge in [-0.3, -0.25) is 4.72 Å². The molecule has 0 atom stereocenters. The second-order valence-corrected chi connectivity index (χ2v) is 5.68. The minimum Gasteiger partial charge on any atom is -0.250 e. The summed E-state index contributed by atoms with van der Waals surface area (Å²) in [7, 11) is 0. The van der Waals surface area contributed by atoms with Gasteiger partial charge in [-0.1, -0.05) is 30.3 Å². The van der Waals surface area contributed by atoms with Gasteiger partial charge >= 0.3 is 0 Å². The highest BCUT2D eigenvalue weighted by atomic mass is 32.2. The summed E-state index contributed by atoms with van der Waals surface area (Å²) in [6.45, 7) is 3.50. The number of nitrogens with one attached hydrogen (secondary N) is 1. The van der Waals surface area contributed by atoms with E-state index >= 15 is 0 Å². The molecule has 0 amide bonds. The molecule has 2 nitrogen and oxygen atoms in total. The Balaban J connectivity index is 1.63. The molecular formula is C12H16N2S. The van der Waals surface area contributed by atoms with Crippen LogP contribution >= 0.6 is 12.1 Å². The average molecular weight is 220 g/mol. The second kappa shape index (κ2) is 3.81. The van der Waals surface area contributed by atoms with E-state index in [1.54, 1.807) is 12.1 Å². The molecule has 1 saturated carbocycles. The summed E-state index contributed by atoms with van der Waals surface area (Å²) in [5, 5.41) is 0. The molecule has 3 rings (SSSR count). The van der Waals surface area contributed by atoms with Gasteiger partial charge in [0.25, 0.3) is 0 Å². The zero-order valence-corrected chi connectivity index (χ0v) is 9.59. The fourth-order valence-corrected chi connectivity index (χ4v) is 3.23. The van der Waals surface area contributed by atoms with Gasteiger partial charge in [0.05, 0.1) is 0 Å². The lowest BCUT2D eigenvalue weighted by molar-refractivity contribution is 0.325. The first-order valence-corrected chi connectivity index (χ1v) is 6.32. The smallest absolute Gasteiger partial charge is 0.0352 e. The van der Waals surface area contributed by atoms with E-state index in [1.165, 1.54) is 31.5 Å². The molecule has 1 aliphatic carbocycles. The van der Waals surface area contributed by atoms with Crippen LogP contribution in [0.15, 0.2) is 30.3 Å². The minimum atomic E-state index is 0.625. The van der Waals surface area contributed by atoms with E-state index < -0.39 is 0 Å². The van der Waals surface area contributed by atoms with Crippen molar-refractivity contribution in [3.05, 3.63) is 35.9 Å². The third-order valence-corrected chi connectivity index (χ3v) is 4.10. The molecule has 0 unspecified atom stereocenters. The van der Waals surface area contributed by atoms with Gasteiger partial charge in [-0.25, -0.2) is 4.31 Å². The molecular weight excluding hydrogens is 204 g/mol. The molecule has 1 aromatic carbocycles. The summed E-state index contributed by atoms with van der Waals surface area (Å²) in [4.78, 5) is 0. The van der Waals surface area contributed by atoms with E-state index in [2.05, 4.69) is 39.4 Å². The van der Waals surface area contributed by atoms with Gasteiger partial charge in [-0.05, 0) is 23.8 Å². The Morgan fingerprint density at radius 1 is 1.27 bits per heavy atom. The summed E-state index contributed by atoms with van der Waals surface area (Å²) in [6, 6.07) is 10.7. The third-order valence-electron chi connectivity index (χ3n) is 3.31. The van der Waals surface area contributed by atoms with E-state index in [9.17, 15) is 0 Å². The van der Waals surface area contributed by atoms with Gasteiger partial charge in [0.1, 0.15) is 0 Å². The topological polar surface area (TPSA) is 15.3 Å². The first-order valence-electron chi connectivity index (χ1n) is 5.55. The molecule has 2 fully saturated rings. The number of rotatable bonds is 2. The molecule has 0 bridgehead atoms. The monoisotopic (exact) mass is 220 g/mol. The highest BCUT2D eigenvalue weighted by Gasteiger charge is 2.45. The van der Waals surface area contributed by atoms with Crippen LogP contribution in [-0.4, -0.2) is 17.4 Å². The largest absolute Gasteiger partial charge is 0.250 e. The Hall–Kier alpha value is -0.510. The Kier molecular flexibility index (Phi) is 2.47. The predicted molar refractivity (Wildman–Crippen MR) is 64.1 cm³/mol. The maximum Gasteiger partial charge on any atom is 0.0352 e. The van der Waals surface area contributed by atoms with E-state index in [1.807, 2.05) is 0 Å². The van der Waals surface area contributed by atoms with Crippen LogP contribution < -0.4 is 4.72 Å². The molecule has 1 heterocycles. The Morgan fingerprint density at radius 2 is 2.07 bits per heavy atom. The maximum absolute atomic E-state index is 3.45. The third kappa shape index (κ3) is 2.19. The van der Waals surface area contributed by atoms with Gasteiger partial charge in [0.2, 0.25) is 0 Å². The quantitative estimate of drug-likeness (QED) is 0.771. The second-order valence-electron chi connectivity index (χ2n) is 4.70. The molecule has 1 aliphatic heterocycles. The Labute approximate surface area is 95.3 Å². The number of nitrogens with zero attached hydrogens (tertiary/aromatic N) is 1. The summed E-state index contributed by atoms with van der Waals surface area (Å²) in [5.41, 5.74) is 2.03. The Morgan fingerprint density at radius 3 is 2.80 bits per heavy atom. The summed E-state index contributed by atoms with van der Waals surface area (Å²) in [6.07, 6.45) is 2.82. The summed E-state index contributed by atoms with van der Waals surface area (Å²) >= 11 is 1.78. The minimum absolute atomic E-state index is 0.625. The lowest BCUT2D eigenvalue weighted by atomic mass is 10.1. The van der Waals surface area contributed by atoms with Crippen molar-refractivity contribution in [2.24, 2.45) is 5.41 Å². The zero-order chi connectivity index (χ0) is 10.1. The summed E-state index contributed by atoms with van der Waals surface area (Å²) < 4.78 is 5.90. The predicted octanol–water partition coefficient (Wildman–Crippen LogP) is 2.44. The van der Waals surface area contributed by atoms with Crippen molar-refractivity contribution >= 4 is 12.1 Å². The van der Waals surface area contributed by atoms with Crippen molar-refractivity contribution in [2.75, 3.05) is 13.1 Å². The van der Waals surface area contributed by atoms with E-state index in [0.29, 0.717) is 5.41 Å². The van der Waals surface area contributed by atoms with E-state index in [0.717, 1.165) is 6.54 Å². The normalized spacial score (nSPS) is 24.3. The molecule has 3 heteroatoms. The van der Waals surface area contributed by atoms with Crippen LogP contribution in [0.3, 0.4) is 0 Å². The number of hydrogen-bond donors (Lipinski definition) is 1. The molecule has 1 aromatic rings. The van der Waals surface area contributed by atoms with Crippen molar-refractivity contribution in [3.8, 4) is 0 Å². The lowest BCUT2D eigenvalue weighted by Gasteiger charge is -2.32. The van der Waals surface area contributed by atoms with E-state index in [4.69, 9.17) is 0 Å². The van der Waals surface area contributed by atoms with E-state index in [-0.39, 0.29) is 0 Å². The first-order chi connectivity index (χ1) is 7.36. The van der Waals surface area contributed by atoms with Crippen LogP contribution in [-0.2, 0) is 6.54 Å². The van der Waals surface area contributed by atoms with Gasteiger partial charge in [-0.15, -0.1) is 0 Å². The van der Waals surface area contributed by atoms with Crippen molar-refractivity contribution < 1.29 is 0 Å².